The van der Waals surface area contributed by atoms with Gasteiger partial charge < -0.3 is 4.74 Å². The van der Waals surface area contributed by atoms with Crippen LogP contribution in [0, 0.1) is 0 Å². The Morgan fingerprint density at radius 2 is 1.86 bits per heavy atom. The molecule has 6 nitrogen and oxygen atoms in total. The summed E-state index contributed by atoms with van der Waals surface area (Å²) in [6, 6.07) is 17.1. The van der Waals surface area contributed by atoms with Gasteiger partial charge in [0.25, 0.3) is 11.8 Å². The molecule has 1 fully saturated rings. The molecule has 0 aliphatic carbocycles. The highest BCUT2D eigenvalue weighted by Crippen LogP contribution is 2.24. The minimum absolute atomic E-state index is 0.00495. The van der Waals surface area contributed by atoms with Crippen LogP contribution in [-0.4, -0.2) is 17.8 Å². The van der Waals surface area contributed by atoms with Crippen LogP contribution in [0.1, 0.15) is 15.2 Å². The summed E-state index contributed by atoms with van der Waals surface area (Å²) in [6.07, 6.45) is 1.47. The highest BCUT2D eigenvalue weighted by molar-refractivity contribution is 9.10. The highest BCUT2D eigenvalue weighted by Gasteiger charge is 2.34. The van der Waals surface area contributed by atoms with Crippen molar-refractivity contribution in [2.45, 2.75) is 0 Å². The topological polar surface area (TPSA) is 75.7 Å². The van der Waals surface area contributed by atoms with E-state index in [1.54, 1.807) is 66.0 Å². The molecule has 144 valence electrons. The number of hydrogen-bond donors (Lipinski definition) is 1. The van der Waals surface area contributed by atoms with Gasteiger partial charge in [0, 0.05) is 4.47 Å². The van der Waals surface area contributed by atoms with Gasteiger partial charge in [-0.25, -0.2) is 9.80 Å². The zero-order valence-electron chi connectivity index (χ0n) is 14.8. The molecule has 8 heteroatoms. The molecule has 1 aliphatic heterocycles. The van der Waals surface area contributed by atoms with Gasteiger partial charge in [0.2, 0.25) is 0 Å². The van der Waals surface area contributed by atoms with Crippen molar-refractivity contribution in [3.8, 4) is 5.75 Å². The number of hydrazine groups is 1. The second-order valence-corrected chi connectivity index (χ2v) is 7.92. The maximum Gasteiger partial charge on any atom is 0.353 e. The van der Waals surface area contributed by atoms with Crippen LogP contribution in [0.2, 0.25) is 0 Å². The van der Waals surface area contributed by atoms with Crippen molar-refractivity contribution in [1.29, 1.82) is 0 Å². The summed E-state index contributed by atoms with van der Waals surface area (Å²) >= 11 is 4.62. The molecule has 0 radical (unpaired) electrons. The minimum Gasteiger partial charge on any atom is -0.422 e. The van der Waals surface area contributed by atoms with Gasteiger partial charge in [-0.05, 0) is 59.5 Å². The molecule has 1 N–H and O–H groups in total. The number of carbonyl (C=O) groups excluding carboxylic acids is 3. The van der Waals surface area contributed by atoms with Gasteiger partial charge >= 0.3 is 5.97 Å². The molecular weight excluding hydrogens is 456 g/mol. The third-order valence-corrected chi connectivity index (χ3v) is 5.46. The predicted octanol–water partition coefficient (Wildman–Crippen LogP) is 4.19. The second-order valence-electron chi connectivity index (χ2n) is 6.06. The quantitative estimate of drug-likeness (QED) is 0.269. The number of anilines is 1. The van der Waals surface area contributed by atoms with E-state index in [2.05, 4.69) is 21.4 Å². The zero-order valence-corrected chi connectivity index (χ0v) is 17.2. The van der Waals surface area contributed by atoms with Crippen LogP contribution in [0.5, 0.6) is 5.75 Å². The Morgan fingerprint density at radius 3 is 2.59 bits per heavy atom. The second kappa shape index (κ2) is 8.02. The molecule has 0 saturated carbocycles. The molecule has 0 unspecified atom stereocenters. The average molecular weight is 469 g/mol. The van der Waals surface area contributed by atoms with Crippen molar-refractivity contribution in [2.24, 2.45) is 0 Å². The van der Waals surface area contributed by atoms with E-state index in [9.17, 15) is 14.4 Å². The lowest BCUT2D eigenvalue weighted by Crippen LogP contribution is -2.35. The number of thiophene rings is 1. The Labute approximate surface area is 178 Å². The number of amides is 2. The van der Waals surface area contributed by atoms with E-state index in [4.69, 9.17) is 4.74 Å². The van der Waals surface area contributed by atoms with Crippen LogP contribution in [-0.2, 0) is 9.59 Å². The van der Waals surface area contributed by atoms with Crippen molar-refractivity contribution in [2.75, 3.05) is 5.01 Å². The standard InChI is InChI=1S/C21H13BrN2O4S/c22-14-6-8-15(9-7-14)24-20(26)17(19(25)23-24)12-13-3-1-4-16(11-13)28-21(27)18-5-2-10-29-18/h1-12H,(H,23,25)/b17-12+. The third-order valence-electron chi connectivity index (χ3n) is 4.08. The minimum atomic E-state index is -0.501. The van der Waals surface area contributed by atoms with Gasteiger partial charge in [0.15, 0.2) is 0 Å². The maximum absolute atomic E-state index is 12.7. The molecule has 1 aliphatic rings. The van der Waals surface area contributed by atoms with Gasteiger partial charge in [-0.1, -0.05) is 34.1 Å². The van der Waals surface area contributed by atoms with E-state index in [0.29, 0.717) is 21.9 Å². The van der Waals surface area contributed by atoms with Crippen molar-refractivity contribution >= 4 is 56.8 Å². The fraction of sp³-hybridized carbons (Fsp3) is 0. The molecule has 2 heterocycles. The van der Waals surface area contributed by atoms with Gasteiger partial charge in [-0.3, -0.25) is 15.0 Å². The summed E-state index contributed by atoms with van der Waals surface area (Å²) in [5.74, 6) is -1.09. The van der Waals surface area contributed by atoms with Gasteiger partial charge in [-0.2, -0.15) is 0 Å². The summed E-state index contributed by atoms with van der Waals surface area (Å²) in [5.41, 5.74) is 3.66. The maximum atomic E-state index is 12.7. The SMILES string of the molecule is O=C1NN(c2ccc(Br)cc2)C(=O)/C1=C/c1cccc(OC(=O)c2cccs2)c1. The fourth-order valence-corrected chi connectivity index (χ4v) is 3.58. The first-order valence-corrected chi connectivity index (χ1v) is 10.2. The molecule has 0 spiro atoms. The molecule has 0 bridgehead atoms. The average Bonchev–Trinajstić information content (AvgIpc) is 3.34. The lowest BCUT2D eigenvalue weighted by atomic mass is 10.1. The van der Waals surface area contributed by atoms with Crippen LogP contribution in [0.25, 0.3) is 6.08 Å². The van der Waals surface area contributed by atoms with E-state index in [1.807, 2.05) is 0 Å². The highest BCUT2D eigenvalue weighted by atomic mass is 79.9. The van der Waals surface area contributed by atoms with E-state index >= 15 is 0 Å². The fourth-order valence-electron chi connectivity index (χ4n) is 2.72. The number of halogens is 1. The van der Waals surface area contributed by atoms with Crippen LogP contribution >= 0.6 is 27.3 Å². The van der Waals surface area contributed by atoms with E-state index in [0.717, 1.165) is 4.47 Å². The summed E-state index contributed by atoms with van der Waals surface area (Å²) in [5, 5.41) is 2.99. The molecule has 1 saturated heterocycles. The monoisotopic (exact) mass is 468 g/mol. The van der Waals surface area contributed by atoms with Gasteiger partial charge in [0.1, 0.15) is 16.2 Å². The molecule has 2 aromatic carbocycles. The summed E-state index contributed by atoms with van der Waals surface area (Å²) in [6.45, 7) is 0. The summed E-state index contributed by atoms with van der Waals surface area (Å²) < 4.78 is 6.23. The number of benzene rings is 2. The van der Waals surface area contributed by atoms with E-state index in [-0.39, 0.29) is 5.57 Å². The van der Waals surface area contributed by atoms with E-state index < -0.39 is 17.8 Å². The number of esters is 1. The van der Waals surface area contributed by atoms with Crippen LogP contribution < -0.4 is 15.2 Å². The zero-order chi connectivity index (χ0) is 20.4. The Kier molecular flexibility index (Phi) is 5.28. The largest absolute Gasteiger partial charge is 0.422 e. The Bertz CT molecular complexity index is 1120. The molecule has 0 atom stereocenters. The number of nitrogens with one attached hydrogen (secondary N) is 1. The molecule has 2 amide bonds. The first-order valence-electron chi connectivity index (χ1n) is 8.50. The molecular formula is C21H13BrN2O4S. The van der Waals surface area contributed by atoms with Crippen molar-refractivity contribution in [3.63, 3.8) is 0 Å². The number of ether oxygens (including phenoxy) is 1. The van der Waals surface area contributed by atoms with Crippen LogP contribution in [0.4, 0.5) is 5.69 Å². The predicted molar refractivity (Wildman–Crippen MR) is 113 cm³/mol. The van der Waals surface area contributed by atoms with Crippen LogP contribution in [0.15, 0.2) is 76.1 Å². The molecule has 3 aromatic rings. The first kappa shape index (κ1) is 19.1. The van der Waals surface area contributed by atoms with E-state index in [1.165, 1.54) is 22.4 Å². The summed E-state index contributed by atoms with van der Waals surface area (Å²) in [7, 11) is 0. The van der Waals surface area contributed by atoms with Gasteiger partial charge in [-0.15, -0.1) is 11.3 Å². The normalized spacial score (nSPS) is 14.9. The Balaban J connectivity index is 1.56. The first-order chi connectivity index (χ1) is 14.0. The van der Waals surface area contributed by atoms with Crippen LogP contribution in [0.3, 0.4) is 0 Å². The number of rotatable bonds is 4. The third kappa shape index (κ3) is 4.13. The number of carbonyl (C=O) groups is 3. The Morgan fingerprint density at radius 1 is 1.07 bits per heavy atom. The molecule has 4 rings (SSSR count). The molecule has 1 aromatic heterocycles. The lowest BCUT2D eigenvalue weighted by Gasteiger charge is -2.14. The van der Waals surface area contributed by atoms with Crippen molar-refractivity contribution < 1.29 is 19.1 Å². The summed E-state index contributed by atoms with van der Waals surface area (Å²) in [4.78, 5) is 37.6. The van der Waals surface area contributed by atoms with Crippen molar-refractivity contribution in [3.05, 3.63) is 86.5 Å². The smallest absolute Gasteiger partial charge is 0.353 e. The number of hydrogen-bond acceptors (Lipinski definition) is 5. The van der Waals surface area contributed by atoms with Gasteiger partial charge in [0.05, 0.1) is 5.69 Å². The lowest BCUT2D eigenvalue weighted by molar-refractivity contribution is -0.117. The molecule has 29 heavy (non-hydrogen) atoms. The number of nitrogens with zero attached hydrogens (tertiary/aromatic N) is 1. The van der Waals surface area contributed by atoms with Crippen molar-refractivity contribution in [1.82, 2.24) is 5.43 Å². The Hall–Kier alpha value is -3.23.